The highest BCUT2D eigenvalue weighted by atomic mass is 16.2. The minimum atomic E-state index is -0.181. The van der Waals surface area contributed by atoms with E-state index < -0.39 is 0 Å². The van der Waals surface area contributed by atoms with Crippen LogP contribution >= 0.6 is 0 Å². The molecule has 1 rings (SSSR count). The largest absolute Gasteiger partial charge is 0.350 e. The molecule has 0 saturated heterocycles. The second-order valence-corrected chi connectivity index (χ2v) is 6.77. The van der Waals surface area contributed by atoms with Gasteiger partial charge in [0.1, 0.15) is 0 Å². The van der Waals surface area contributed by atoms with Crippen molar-refractivity contribution in [1.82, 2.24) is 10.6 Å². The number of rotatable bonds is 6. The Morgan fingerprint density at radius 2 is 1.75 bits per heavy atom. The van der Waals surface area contributed by atoms with E-state index in [0.717, 1.165) is 6.42 Å². The lowest BCUT2D eigenvalue weighted by atomic mass is 9.97. The molecule has 3 nitrogen and oxygen atoms in total. The number of carbonyl (C=O) groups is 1. The molecule has 2 N–H and O–H groups in total. The SMILES string of the molecule is CC(C)CC(NCC(=O)NC(C)(C)C)c1ccccc1. The zero-order valence-corrected chi connectivity index (χ0v) is 13.4. The van der Waals surface area contributed by atoms with Crippen molar-refractivity contribution < 1.29 is 4.79 Å². The van der Waals surface area contributed by atoms with Crippen molar-refractivity contribution in [2.24, 2.45) is 5.92 Å². The van der Waals surface area contributed by atoms with E-state index in [0.29, 0.717) is 12.5 Å². The molecule has 1 aromatic rings. The number of amides is 1. The highest BCUT2D eigenvalue weighted by Crippen LogP contribution is 2.20. The second-order valence-electron chi connectivity index (χ2n) is 6.77. The van der Waals surface area contributed by atoms with Crippen LogP contribution in [-0.2, 0) is 4.79 Å². The normalized spacial score (nSPS) is 13.3. The first-order chi connectivity index (χ1) is 9.28. The zero-order chi connectivity index (χ0) is 15.2. The minimum Gasteiger partial charge on any atom is -0.350 e. The Labute approximate surface area is 123 Å². The Morgan fingerprint density at radius 3 is 2.25 bits per heavy atom. The highest BCUT2D eigenvalue weighted by Gasteiger charge is 2.17. The van der Waals surface area contributed by atoms with E-state index in [1.54, 1.807) is 0 Å². The number of hydrogen-bond acceptors (Lipinski definition) is 2. The Morgan fingerprint density at radius 1 is 1.15 bits per heavy atom. The molecule has 1 unspecified atom stereocenters. The predicted molar refractivity (Wildman–Crippen MR) is 84.5 cm³/mol. The van der Waals surface area contributed by atoms with Gasteiger partial charge < -0.3 is 10.6 Å². The summed E-state index contributed by atoms with van der Waals surface area (Å²) in [4.78, 5) is 11.9. The fourth-order valence-corrected chi connectivity index (χ4v) is 2.17. The van der Waals surface area contributed by atoms with Gasteiger partial charge in [-0.25, -0.2) is 0 Å². The van der Waals surface area contributed by atoms with Gasteiger partial charge in [-0.1, -0.05) is 44.2 Å². The Hall–Kier alpha value is -1.35. The molecule has 0 radical (unpaired) electrons. The summed E-state index contributed by atoms with van der Waals surface area (Å²) >= 11 is 0. The molecule has 20 heavy (non-hydrogen) atoms. The van der Waals surface area contributed by atoms with Crippen molar-refractivity contribution in [3.05, 3.63) is 35.9 Å². The van der Waals surface area contributed by atoms with Crippen molar-refractivity contribution in [1.29, 1.82) is 0 Å². The molecule has 0 aliphatic carbocycles. The van der Waals surface area contributed by atoms with Crippen LogP contribution in [-0.4, -0.2) is 18.0 Å². The fourth-order valence-electron chi connectivity index (χ4n) is 2.17. The van der Waals surface area contributed by atoms with Crippen LogP contribution in [0.5, 0.6) is 0 Å². The summed E-state index contributed by atoms with van der Waals surface area (Å²) in [6.07, 6.45) is 1.02. The van der Waals surface area contributed by atoms with Crippen LogP contribution in [0.3, 0.4) is 0 Å². The summed E-state index contributed by atoms with van der Waals surface area (Å²) < 4.78 is 0. The van der Waals surface area contributed by atoms with Crippen molar-refractivity contribution >= 4 is 5.91 Å². The minimum absolute atomic E-state index is 0.0437. The Balaban J connectivity index is 2.60. The molecule has 3 heteroatoms. The van der Waals surface area contributed by atoms with Crippen molar-refractivity contribution in [2.45, 2.75) is 52.6 Å². The quantitative estimate of drug-likeness (QED) is 0.837. The molecule has 0 aliphatic heterocycles. The summed E-state index contributed by atoms with van der Waals surface area (Å²) in [5.41, 5.74) is 1.06. The molecule has 0 saturated carbocycles. The van der Waals surface area contributed by atoms with Gasteiger partial charge in [0, 0.05) is 11.6 Å². The molecule has 112 valence electrons. The fraction of sp³-hybridized carbons (Fsp3) is 0.588. The van der Waals surface area contributed by atoms with E-state index in [2.05, 4.69) is 36.6 Å². The van der Waals surface area contributed by atoms with E-state index in [-0.39, 0.29) is 17.5 Å². The number of hydrogen-bond donors (Lipinski definition) is 2. The first-order valence-electron chi connectivity index (χ1n) is 7.37. The summed E-state index contributed by atoms with van der Waals surface area (Å²) in [5.74, 6) is 0.626. The van der Waals surface area contributed by atoms with Crippen LogP contribution in [0.2, 0.25) is 0 Å². The maximum Gasteiger partial charge on any atom is 0.234 e. The maximum absolute atomic E-state index is 11.9. The molecule has 0 aliphatic rings. The zero-order valence-electron chi connectivity index (χ0n) is 13.4. The molecule has 0 aromatic heterocycles. The lowest BCUT2D eigenvalue weighted by Gasteiger charge is -2.24. The molecule has 0 bridgehead atoms. The topological polar surface area (TPSA) is 41.1 Å². The molecule has 0 fully saturated rings. The average molecular weight is 276 g/mol. The molecular weight excluding hydrogens is 248 g/mol. The van der Waals surface area contributed by atoms with Gasteiger partial charge in [0.05, 0.1) is 6.54 Å². The number of nitrogens with one attached hydrogen (secondary N) is 2. The maximum atomic E-state index is 11.9. The van der Waals surface area contributed by atoms with Crippen LogP contribution in [0.1, 0.15) is 52.6 Å². The lowest BCUT2D eigenvalue weighted by molar-refractivity contribution is -0.121. The smallest absolute Gasteiger partial charge is 0.234 e. The van der Waals surface area contributed by atoms with Gasteiger partial charge in [-0.2, -0.15) is 0 Å². The summed E-state index contributed by atoms with van der Waals surface area (Å²) in [5, 5.41) is 6.36. The number of benzene rings is 1. The number of carbonyl (C=O) groups excluding carboxylic acids is 1. The van der Waals surface area contributed by atoms with Gasteiger partial charge in [-0.15, -0.1) is 0 Å². The van der Waals surface area contributed by atoms with Gasteiger partial charge in [0.2, 0.25) is 5.91 Å². The predicted octanol–water partition coefficient (Wildman–Crippen LogP) is 3.28. The summed E-state index contributed by atoms with van der Waals surface area (Å²) in [6, 6.07) is 10.5. The molecule has 1 aromatic carbocycles. The standard InChI is InChI=1S/C17H28N2O/c1-13(2)11-15(14-9-7-6-8-10-14)18-12-16(20)19-17(3,4)5/h6-10,13,15,18H,11-12H2,1-5H3,(H,19,20). The first-order valence-corrected chi connectivity index (χ1v) is 7.37. The molecule has 0 heterocycles. The van der Waals surface area contributed by atoms with E-state index in [9.17, 15) is 4.79 Å². The van der Waals surface area contributed by atoms with Crippen LogP contribution in [0.25, 0.3) is 0 Å². The van der Waals surface area contributed by atoms with Gasteiger partial charge in [-0.3, -0.25) is 4.79 Å². The van der Waals surface area contributed by atoms with E-state index in [1.807, 2.05) is 39.0 Å². The molecular formula is C17H28N2O. The van der Waals surface area contributed by atoms with Crippen LogP contribution in [0.4, 0.5) is 0 Å². The molecule has 1 atom stereocenters. The third-order valence-corrected chi connectivity index (χ3v) is 2.93. The third kappa shape index (κ3) is 6.71. The van der Waals surface area contributed by atoms with Crippen molar-refractivity contribution in [3.63, 3.8) is 0 Å². The third-order valence-electron chi connectivity index (χ3n) is 2.93. The monoisotopic (exact) mass is 276 g/mol. The van der Waals surface area contributed by atoms with Crippen molar-refractivity contribution in [3.8, 4) is 0 Å². The van der Waals surface area contributed by atoms with E-state index >= 15 is 0 Å². The van der Waals surface area contributed by atoms with Gasteiger partial charge in [0.25, 0.3) is 0 Å². The van der Waals surface area contributed by atoms with Crippen LogP contribution in [0, 0.1) is 5.92 Å². The summed E-state index contributed by atoms with van der Waals surface area (Å²) in [6.45, 7) is 10.7. The Kier molecular flexibility index (Phi) is 6.21. The summed E-state index contributed by atoms with van der Waals surface area (Å²) in [7, 11) is 0. The van der Waals surface area contributed by atoms with E-state index in [4.69, 9.17) is 0 Å². The Bertz CT molecular complexity index is 407. The van der Waals surface area contributed by atoms with E-state index in [1.165, 1.54) is 5.56 Å². The average Bonchev–Trinajstić information content (AvgIpc) is 2.33. The lowest BCUT2D eigenvalue weighted by Crippen LogP contribution is -2.45. The second kappa shape index (κ2) is 7.44. The first kappa shape index (κ1) is 16.7. The molecule has 0 spiro atoms. The van der Waals surface area contributed by atoms with Gasteiger partial charge in [-0.05, 0) is 38.7 Å². The molecule has 1 amide bonds. The van der Waals surface area contributed by atoms with Gasteiger partial charge >= 0.3 is 0 Å². The highest BCUT2D eigenvalue weighted by molar-refractivity contribution is 5.78. The van der Waals surface area contributed by atoms with Gasteiger partial charge in [0.15, 0.2) is 0 Å². The van der Waals surface area contributed by atoms with Crippen LogP contribution < -0.4 is 10.6 Å². The van der Waals surface area contributed by atoms with Crippen LogP contribution in [0.15, 0.2) is 30.3 Å². The van der Waals surface area contributed by atoms with Crippen molar-refractivity contribution in [2.75, 3.05) is 6.54 Å².